The molecular formula is C24H20ClN3O3S3. The van der Waals surface area contributed by atoms with E-state index in [1.807, 2.05) is 55.5 Å². The molecule has 3 aromatic rings. The fourth-order valence-corrected chi connectivity index (χ4v) is 5.50. The molecule has 174 valence electrons. The van der Waals surface area contributed by atoms with Crippen molar-refractivity contribution in [1.82, 2.24) is 9.88 Å². The molecule has 1 aliphatic heterocycles. The van der Waals surface area contributed by atoms with E-state index in [4.69, 9.17) is 28.6 Å². The topological polar surface area (TPSA) is 71.5 Å². The van der Waals surface area contributed by atoms with Gasteiger partial charge < -0.3 is 10.1 Å². The average Bonchev–Trinajstić information content (AvgIpc) is 3.36. The minimum absolute atomic E-state index is 0.176. The van der Waals surface area contributed by atoms with Crippen molar-refractivity contribution in [3.63, 3.8) is 0 Å². The molecule has 1 fully saturated rings. The number of carbonyl (C=O) groups excluding carboxylic acids is 2. The van der Waals surface area contributed by atoms with E-state index < -0.39 is 0 Å². The summed E-state index contributed by atoms with van der Waals surface area (Å²) in [7, 11) is 0. The minimum Gasteiger partial charge on any atom is -0.494 e. The molecule has 34 heavy (non-hydrogen) atoms. The second-order valence-corrected chi connectivity index (χ2v) is 10.4. The van der Waals surface area contributed by atoms with Crippen LogP contribution >= 0.6 is 46.9 Å². The lowest BCUT2D eigenvalue weighted by molar-refractivity contribution is -0.126. The van der Waals surface area contributed by atoms with E-state index in [9.17, 15) is 9.59 Å². The summed E-state index contributed by atoms with van der Waals surface area (Å²) in [5.41, 5.74) is 1.84. The highest BCUT2D eigenvalue weighted by Gasteiger charge is 2.33. The van der Waals surface area contributed by atoms with Crippen molar-refractivity contribution in [2.75, 3.05) is 18.5 Å². The Morgan fingerprint density at radius 3 is 2.74 bits per heavy atom. The van der Waals surface area contributed by atoms with Gasteiger partial charge in [0.15, 0.2) is 5.13 Å². The first-order valence-corrected chi connectivity index (χ1v) is 12.8. The van der Waals surface area contributed by atoms with Gasteiger partial charge in [-0.25, -0.2) is 4.98 Å². The molecule has 1 saturated heterocycles. The lowest BCUT2D eigenvalue weighted by Crippen LogP contribution is -2.36. The van der Waals surface area contributed by atoms with Crippen LogP contribution in [-0.2, 0) is 16.0 Å². The summed E-state index contributed by atoms with van der Waals surface area (Å²) in [4.78, 5) is 32.4. The van der Waals surface area contributed by atoms with Crippen molar-refractivity contribution >= 4 is 74.3 Å². The molecule has 10 heteroatoms. The Morgan fingerprint density at radius 1 is 1.24 bits per heavy atom. The first kappa shape index (κ1) is 24.4. The maximum absolute atomic E-state index is 12.8. The Balaban J connectivity index is 1.36. The standard InChI is InChI=1S/C24H20ClN3O3S3/c1-2-31-17-9-7-15(8-10-17)11-20-22(30)28(24(32)34-20)14-21(29)27-23-26-13-18(33-23)12-16-5-3-4-6-19(16)25/h3-11,13H,2,12,14H2,1H3,(H,26,27,29). The number of amides is 2. The molecule has 0 saturated carbocycles. The molecular weight excluding hydrogens is 510 g/mol. The number of benzene rings is 2. The van der Waals surface area contributed by atoms with Crippen LogP contribution in [0.3, 0.4) is 0 Å². The minimum atomic E-state index is -0.364. The monoisotopic (exact) mass is 529 g/mol. The van der Waals surface area contributed by atoms with Crippen molar-refractivity contribution in [1.29, 1.82) is 0 Å². The van der Waals surface area contributed by atoms with Crippen molar-refractivity contribution in [3.05, 3.63) is 80.7 Å². The Hall–Kier alpha value is -2.72. The van der Waals surface area contributed by atoms with Crippen LogP contribution in [-0.4, -0.2) is 39.2 Å². The van der Waals surface area contributed by atoms with Crippen molar-refractivity contribution in [2.45, 2.75) is 13.3 Å². The summed E-state index contributed by atoms with van der Waals surface area (Å²) in [6, 6.07) is 15.0. The number of nitrogens with one attached hydrogen (secondary N) is 1. The van der Waals surface area contributed by atoms with Crippen LogP contribution in [0.1, 0.15) is 22.9 Å². The van der Waals surface area contributed by atoms with Gasteiger partial charge in [-0.2, -0.15) is 0 Å². The number of thiazole rings is 1. The van der Waals surface area contributed by atoms with E-state index in [-0.39, 0.29) is 18.4 Å². The van der Waals surface area contributed by atoms with Crippen molar-refractivity contribution in [3.8, 4) is 5.75 Å². The molecule has 0 atom stereocenters. The zero-order valence-corrected chi connectivity index (χ0v) is 21.3. The summed E-state index contributed by atoms with van der Waals surface area (Å²) in [5, 5.41) is 3.90. The van der Waals surface area contributed by atoms with Crippen LogP contribution in [0.15, 0.2) is 59.6 Å². The van der Waals surface area contributed by atoms with E-state index in [1.54, 1.807) is 12.3 Å². The third kappa shape index (κ3) is 6.04. The first-order chi connectivity index (χ1) is 16.4. The molecule has 6 nitrogen and oxygen atoms in total. The van der Waals surface area contributed by atoms with Gasteiger partial charge in [-0.15, -0.1) is 11.3 Å². The lowest BCUT2D eigenvalue weighted by atomic mass is 10.1. The molecule has 0 bridgehead atoms. The number of thioether (sulfide) groups is 1. The van der Waals surface area contributed by atoms with Crippen LogP contribution in [0.2, 0.25) is 5.02 Å². The molecule has 2 amide bonds. The summed E-state index contributed by atoms with van der Waals surface area (Å²) in [5.74, 6) is 0.107. The fraction of sp³-hybridized carbons (Fsp3) is 0.167. The molecule has 1 aromatic heterocycles. The zero-order valence-electron chi connectivity index (χ0n) is 18.1. The van der Waals surface area contributed by atoms with E-state index in [1.165, 1.54) is 28.0 Å². The second-order valence-electron chi connectivity index (χ2n) is 7.22. The number of hydrogen-bond acceptors (Lipinski definition) is 7. The predicted molar refractivity (Wildman–Crippen MR) is 142 cm³/mol. The number of thiocarbonyl (C=S) groups is 1. The zero-order chi connectivity index (χ0) is 24.1. The van der Waals surface area contributed by atoms with E-state index >= 15 is 0 Å². The van der Waals surface area contributed by atoms with Gasteiger partial charge in [0, 0.05) is 22.5 Å². The molecule has 1 aliphatic rings. The fourth-order valence-electron chi connectivity index (χ4n) is 3.19. The van der Waals surface area contributed by atoms with E-state index in [0.717, 1.165) is 21.8 Å². The van der Waals surface area contributed by atoms with Crippen molar-refractivity contribution < 1.29 is 14.3 Å². The van der Waals surface area contributed by atoms with E-state index in [0.29, 0.717) is 32.4 Å². The highest BCUT2D eigenvalue weighted by molar-refractivity contribution is 8.26. The lowest BCUT2D eigenvalue weighted by Gasteiger charge is -2.13. The number of nitrogens with zero attached hydrogens (tertiary/aromatic N) is 2. The third-order valence-corrected chi connectivity index (χ3v) is 7.45. The number of aromatic nitrogens is 1. The number of halogens is 1. The van der Waals surface area contributed by atoms with Gasteiger partial charge in [0.2, 0.25) is 5.91 Å². The number of rotatable bonds is 8. The largest absolute Gasteiger partial charge is 0.494 e. The quantitative estimate of drug-likeness (QED) is 0.301. The van der Waals surface area contributed by atoms with Crippen LogP contribution in [0.4, 0.5) is 5.13 Å². The van der Waals surface area contributed by atoms with E-state index in [2.05, 4.69) is 10.3 Å². The first-order valence-electron chi connectivity index (χ1n) is 10.4. The number of ether oxygens (including phenoxy) is 1. The Bertz CT molecular complexity index is 1260. The maximum Gasteiger partial charge on any atom is 0.266 e. The molecule has 0 spiro atoms. The highest BCUT2D eigenvalue weighted by Crippen LogP contribution is 2.33. The molecule has 4 rings (SSSR count). The molecule has 0 radical (unpaired) electrons. The molecule has 2 aromatic carbocycles. The van der Waals surface area contributed by atoms with Gasteiger partial charge in [-0.1, -0.05) is 65.9 Å². The second kappa shape index (κ2) is 11.1. The van der Waals surface area contributed by atoms with Crippen LogP contribution < -0.4 is 10.1 Å². The van der Waals surface area contributed by atoms with Crippen LogP contribution in [0, 0.1) is 0 Å². The molecule has 1 N–H and O–H groups in total. The van der Waals surface area contributed by atoms with Gasteiger partial charge >= 0.3 is 0 Å². The SMILES string of the molecule is CCOc1ccc(C=C2SC(=S)N(CC(=O)Nc3ncc(Cc4ccccc4Cl)s3)C2=O)cc1. The average molecular weight is 530 g/mol. The van der Waals surface area contributed by atoms with Gasteiger partial charge in [0.05, 0.1) is 11.5 Å². The van der Waals surface area contributed by atoms with Gasteiger partial charge in [-0.3, -0.25) is 14.5 Å². The Morgan fingerprint density at radius 2 is 2.00 bits per heavy atom. The van der Waals surface area contributed by atoms with Gasteiger partial charge in [0.25, 0.3) is 5.91 Å². The summed E-state index contributed by atoms with van der Waals surface area (Å²) in [6.07, 6.45) is 4.09. The summed E-state index contributed by atoms with van der Waals surface area (Å²) < 4.78 is 5.78. The molecule has 2 heterocycles. The smallest absolute Gasteiger partial charge is 0.266 e. The summed E-state index contributed by atoms with van der Waals surface area (Å²) in [6.45, 7) is 2.33. The number of carbonyl (C=O) groups is 2. The molecule has 0 aliphatic carbocycles. The maximum atomic E-state index is 12.8. The van der Waals surface area contributed by atoms with Crippen molar-refractivity contribution in [2.24, 2.45) is 0 Å². The summed E-state index contributed by atoms with van der Waals surface area (Å²) >= 11 is 14.1. The molecule has 0 unspecified atom stereocenters. The predicted octanol–water partition coefficient (Wildman–Crippen LogP) is 5.63. The third-order valence-electron chi connectivity index (χ3n) is 4.79. The number of hydrogen-bond donors (Lipinski definition) is 1. The van der Waals surface area contributed by atoms with Crippen LogP contribution in [0.5, 0.6) is 5.75 Å². The van der Waals surface area contributed by atoms with Gasteiger partial charge in [0.1, 0.15) is 16.6 Å². The Kier molecular flexibility index (Phi) is 7.99. The van der Waals surface area contributed by atoms with Crippen LogP contribution in [0.25, 0.3) is 6.08 Å². The number of anilines is 1. The normalized spacial score (nSPS) is 14.6. The Labute approximate surface area is 216 Å². The van der Waals surface area contributed by atoms with Gasteiger partial charge in [-0.05, 0) is 42.3 Å². The highest BCUT2D eigenvalue weighted by atomic mass is 35.5.